The molecule has 0 saturated heterocycles. The largest absolute Gasteiger partial charge is 0.353 e. The molecule has 0 aliphatic carbocycles. The number of non-ortho nitro benzene ring substituents is 2. The molecule has 0 aliphatic rings. The average Bonchev–Trinajstić information content (AvgIpc) is 2.87. The first-order valence-corrected chi connectivity index (χ1v) is 11.8. The minimum atomic E-state index is -0.468. The summed E-state index contributed by atoms with van der Waals surface area (Å²) >= 11 is 0. The van der Waals surface area contributed by atoms with Gasteiger partial charge in [0.2, 0.25) is 11.8 Å². The van der Waals surface area contributed by atoms with Gasteiger partial charge in [0, 0.05) is 49.5 Å². The van der Waals surface area contributed by atoms with Crippen molar-refractivity contribution in [3.63, 3.8) is 0 Å². The average molecular weight is 495 g/mol. The molecule has 0 aromatic heterocycles. The van der Waals surface area contributed by atoms with Gasteiger partial charge in [0.05, 0.1) is 9.85 Å². The lowest BCUT2D eigenvalue weighted by atomic mass is 10.1. The second-order valence-electron chi connectivity index (χ2n) is 8.07. The van der Waals surface area contributed by atoms with Crippen LogP contribution in [0.1, 0.15) is 49.7 Å². The van der Waals surface area contributed by atoms with E-state index in [-0.39, 0.29) is 23.2 Å². The maximum Gasteiger partial charge on any atom is 0.269 e. The molecule has 0 spiro atoms. The molecule has 2 aromatic rings. The Kier molecular flexibility index (Phi) is 12.0. The van der Waals surface area contributed by atoms with E-state index in [4.69, 9.17) is 0 Å². The van der Waals surface area contributed by atoms with Gasteiger partial charge in [-0.15, -0.1) is 0 Å². The van der Waals surface area contributed by atoms with Gasteiger partial charge >= 0.3 is 0 Å². The summed E-state index contributed by atoms with van der Waals surface area (Å²) < 4.78 is 0. The van der Waals surface area contributed by atoms with E-state index >= 15 is 0 Å². The highest BCUT2D eigenvalue weighted by Gasteiger charge is 2.04. The van der Waals surface area contributed by atoms with Crippen molar-refractivity contribution in [1.29, 1.82) is 0 Å². The Hall–Kier alpha value is -4.34. The summed E-state index contributed by atoms with van der Waals surface area (Å²) in [4.78, 5) is 44.0. The normalized spacial score (nSPS) is 11.0. The van der Waals surface area contributed by atoms with Gasteiger partial charge in [-0.05, 0) is 60.4 Å². The first-order valence-electron chi connectivity index (χ1n) is 11.8. The van der Waals surface area contributed by atoms with Gasteiger partial charge in [0.1, 0.15) is 0 Å². The highest BCUT2D eigenvalue weighted by molar-refractivity contribution is 5.92. The van der Waals surface area contributed by atoms with Crippen molar-refractivity contribution in [1.82, 2.24) is 10.6 Å². The second kappa shape index (κ2) is 15.5. The van der Waals surface area contributed by atoms with Crippen molar-refractivity contribution >= 4 is 35.3 Å². The van der Waals surface area contributed by atoms with E-state index in [1.165, 1.54) is 36.4 Å². The molecule has 190 valence electrons. The summed E-state index contributed by atoms with van der Waals surface area (Å²) in [6, 6.07) is 11.9. The Morgan fingerprint density at radius 1 is 0.611 bits per heavy atom. The number of nitrogens with one attached hydrogen (secondary N) is 2. The van der Waals surface area contributed by atoms with E-state index in [0.29, 0.717) is 24.2 Å². The van der Waals surface area contributed by atoms with Crippen molar-refractivity contribution < 1.29 is 19.4 Å². The van der Waals surface area contributed by atoms with E-state index in [1.807, 2.05) is 0 Å². The zero-order valence-electron chi connectivity index (χ0n) is 19.9. The van der Waals surface area contributed by atoms with Crippen molar-refractivity contribution in [3.05, 3.63) is 92.0 Å². The third kappa shape index (κ3) is 11.2. The van der Waals surface area contributed by atoms with Gasteiger partial charge in [-0.25, -0.2) is 0 Å². The van der Waals surface area contributed by atoms with E-state index in [1.54, 1.807) is 36.4 Å². The number of nitrogens with zero attached hydrogens (tertiary/aromatic N) is 2. The number of hydrogen-bond donors (Lipinski definition) is 2. The van der Waals surface area contributed by atoms with Crippen LogP contribution in [0.15, 0.2) is 60.7 Å². The molecule has 2 N–H and O–H groups in total. The molecular weight excluding hydrogens is 464 g/mol. The molecule has 0 bridgehead atoms. The predicted molar refractivity (Wildman–Crippen MR) is 138 cm³/mol. The zero-order chi connectivity index (χ0) is 26.2. The third-order valence-electron chi connectivity index (χ3n) is 5.26. The fourth-order valence-electron chi connectivity index (χ4n) is 3.26. The first kappa shape index (κ1) is 27.9. The Morgan fingerprint density at radius 2 is 0.944 bits per heavy atom. The molecule has 2 aromatic carbocycles. The van der Waals surface area contributed by atoms with Crippen molar-refractivity contribution in [2.45, 2.75) is 38.5 Å². The molecule has 36 heavy (non-hydrogen) atoms. The monoisotopic (exact) mass is 494 g/mol. The van der Waals surface area contributed by atoms with Crippen LogP contribution < -0.4 is 10.6 Å². The number of hydrogen-bond acceptors (Lipinski definition) is 6. The lowest BCUT2D eigenvalue weighted by Gasteiger charge is -2.04. The Labute approximate surface area is 209 Å². The molecule has 0 radical (unpaired) electrons. The molecule has 0 aliphatic heterocycles. The summed E-state index contributed by atoms with van der Waals surface area (Å²) in [7, 11) is 0. The minimum Gasteiger partial charge on any atom is -0.353 e. The van der Waals surface area contributed by atoms with Crippen LogP contribution in [0.3, 0.4) is 0 Å². The number of carbonyl (C=O) groups is 2. The number of amides is 2. The number of nitro benzene ring substituents is 2. The Morgan fingerprint density at radius 3 is 1.28 bits per heavy atom. The van der Waals surface area contributed by atoms with Gasteiger partial charge in [0.15, 0.2) is 0 Å². The van der Waals surface area contributed by atoms with Crippen molar-refractivity contribution in [3.8, 4) is 0 Å². The van der Waals surface area contributed by atoms with E-state index in [0.717, 1.165) is 38.5 Å². The maximum atomic E-state index is 11.8. The lowest BCUT2D eigenvalue weighted by Crippen LogP contribution is -2.22. The van der Waals surface area contributed by atoms with E-state index < -0.39 is 9.85 Å². The Balaban J connectivity index is 1.46. The standard InChI is InChI=1S/C26H30N4O6/c31-25(17-11-21-7-13-23(14-8-21)29(33)34)27-19-5-3-1-2-4-6-20-28-26(32)18-12-22-9-15-24(16-10-22)30(35)36/h7-18H,1-6,19-20H2,(H,27,31)(H,28,32)/b17-11+,18-12+. The molecule has 0 heterocycles. The number of nitro groups is 2. The molecule has 2 amide bonds. The number of unbranched alkanes of at least 4 members (excludes halogenated alkanes) is 5. The summed E-state index contributed by atoms with van der Waals surface area (Å²) in [6.45, 7) is 1.17. The molecule has 0 atom stereocenters. The van der Waals surface area contributed by atoms with Crippen LogP contribution in [-0.2, 0) is 9.59 Å². The van der Waals surface area contributed by atoms with Gasteiger partial charge < -0.3 is 10.6 Å². The highest BCUT2D eigenvalue weighted by Crippen LogP contribution is 2.13. The maximum absolute atomic E-state index is 11.8. The molecular formula is C26H30N4O6. The zero-order valence-corrected chi connectivity index (χ0v) is 19.9. The smallest absolute Gasteiger partial charge is 0.269 e. The molecule has 10 nitrogen and oxygen atoms in total. The molecule has 2 rings (SSSR count). The van der Waals surface area contributed by atoms with Crippen LogP contribution in [0.5, 0.6) is 0 Å². The fraction of sp³-hybridized carbons (Fsp3) is 0.308. The van der Waals surface area contributed by atoms with Crippen LogP contribution in [-0.4, -0.2) is 34.8 Å². The van der Waals surface area contributed by atoms with Crippen LogP contribution >= 0.6 is 0 Å². The lowest BCUT2D eigenvalue weighted by molar-refractivity contribution is -0.385. The van der Waals surface area contributed by atoms with Crippen LogP contribution in [0, 0.1) is 20.2 Å². The van der Waals surface area contributed by atoms with Gasteiger partial charge in [-0.1, -0.05) is 25.7 Å². The third-order valence-corrected chi connectivity index (χ3v) is 5.26. The molecule has 0 unspecified atom stereocenters. The van der Waals surface area contributed by atoms with Crippen LogP contribution in [0.25, 0.3) is 12.2 Å². The first-order chi connectivity index (χ1) is 17.3. The van der Waals surface area contributed by atoms with Crippen molar-refractivity contribution in [2.75, 3.05) is 13.1 Å². The second-order valence-corrected chi connectivity index (χ2v) is 8.07. The van der Waals surface area contributed by atoms with Crippen LogP contribution in [0.2, 0.25) is 0 Å². The van der Waals surface area contributed by atoms with Gasteiger partial charge in [0.25, 0.3) is 11.4 Å². The number of benzene rings is 2. The fourth-order valence-corrected chi connectivity index (χ4v) is 3.26. The topological polar surface area (TPSA) is 144 Å². The minimum absolute atomic E-state index is 0.00958. The summed E-state index contributed by atoms with van der Waals surface area (Å²) in [5.74, 6) is -0.404. The van der Waals surface area contributed by atoms with Gasteiger partial charge in [-0.2, -0.15) is 0 Å². The van der Waals surface area contributed by atoms with E-state index in [9.17, 15) is 29.8 Å². The molecule has 10 heteroatoms. The van der Waals surface area contributed by atoms with Gasteiger partial charge in [-0.3, -0.25) is 29.8 Å². The highest BCUT2D eigenvalue weighted by atomic mass is 16.6. The molecule has 0 saturated carbocycles. The summed E-state index contributed by atoms with van der Waals surface area (Å²) in [6.07, 6.45) is 11.9. The number of rotatable bonds is 15. The quantitative estimate of drug-likeness (QED) is 0.157. The Bertz CT molecular complexity index is 991. The molecule has 0 fully saturated rings. The number of carbonyl (C=O) groups excluding carboxylic acids is 2. The summed E-state index contributed by atoms with van der Waals surface area (Å²) in [5.41, 5.74) is 1.45. The van der Waals surface area contributed by atoms with E-state index in [2.05, 4.69) is 10.6 Å². The predicted octanol–water partition coefficient (Wildman–Crippen LogP) is 4.80. The van der Waals surface area contributed by atoms with Crippen molar-refractivity contribution in [2.24, 2.45) is 0 Å². The summed E-state index contributed by atoms with van der Waals surface area (Å²) in [5, 5.41) is 26.9. The van der Waals surface area contributed by atoms with Crippen LogP contribution in [0.4, 0.5) is 11.4 Å². The SMILES string of the molecule is O=C(/C=C/c1ccc([N+](=O)[O-])cc1)NCCCCCCCCNC(=O)/C=C/c1ccc([N+](=O)[O-])cc1.